The lowest BCUT2D eigenvalue weighted by atomic mass is 9.80. The molecule has 96 valence electrons. The van der Waals surface area contributed by atoms with Gasteiger partial charge < -0.3 is 11.1 Å². The van der Waals surface area contributed by atoms with Gasteiger partial charge in [-0.3, -0.25) is 0 Å². The predicted molar refractivity (Wildman–Crippen MR) is 73.2 cm³/mol. The number of nitrogens with one attached hydrogen (secondary N) is 1. The molecule has 0 aromatic carbocycles. The molecule has 1 aliphatic carbocycles. The molecule has 3 N–H and O–H groups in total. The third kappa shape index (κ3) is 4.05. The average Bonchev–Trinajstić information content (AvgIpc) is 2.72. The van der Waals surface area contributed by atoms with E-state index in [2.05, 4.69) is 17.2 Å². The predicted octanol–water partition coefficient (Wildman–Crippen LogP) is 2.59. The van der Waals surface area contributed by atoms with Gasteiger partial charge in [0.2, 0.25) is 0 Å². The van der Waals surface area contributed by atoms with Crippen molar-refractivity contribution >= 4 is 11.3 Å². The maximum atomic E-state index is 6.39. The van der Waals surface area contributed by atoms with E-state index in [1.54, 1.807) is 11.3 Å². The Labute approximate surface area is 108 Å². The van der Waals surface area contributed by atoms with Crippen LogP contribution in [0.4, 0.5) is 0 Å². The fourth-order valence-electron chi connectivity index (χ4n) is 2.52. The van der Waals surface area contributed by atoms with Crippen LogP contribution in [0, 0.1) is 6.92 Å². The highest BCUT2D eigenvalue weighted by atomic mass is 32.1. The molecule has 0 radical (unpaired) electrons. The maximum absolute atomic E-state index is 6.39. The molecule has 0 aliphatic heterocycles. The molecule has 3 nitrogen and oxygen atoms in total. The maximum Gasteiger partial charge on any atom is 0.107 e. The topological polar surface area (TPSA) is 50.9 Å². The zero-order valence-corrected chi connectivity index (χ0v) is 11.5. The van der Waals surface area contributed by atoms with Crippen molar-refractivity contribution < 1.29 is 0 Å². The number of nitrogens with zero attached hydrogens (tertiary/aromatic N) is 1. The minimum Gasteiger partial charge on any atom is -0.325 e. The van der Waals surface area contributed by atoms with Gasteiger partial charge in [0.15, 0.2) is 0 Å². The second-order valence-electron chi connectivity index (χ2n) is 5.21. The van der Waals surface area contributed by atoms with Crippen molar-refractivity contribution in [3.63, 3.8) is 0 Å². The number of aryl methyl sites for hydroxylation is 1. The Bertz CT molecular complexity index is 342. The van der Waals surface area contributed by atoms with Crippen LogP contribution in [0.1, 0.15) is 48.4 Å². The SMILES string of the molecule is Cc1cnc(CNCCC2(N)CCCCC2)s1. The van der Waals surface area contributed by atoms with Crippen LogP contribution in [0.15, 0.2) is 6.20 Å². The summed E-state index contributed by atoms with van der Waals surface area (Å²) >= 11 is 1.77. The van der Waals surface area contributed by atoms with Crippen LogP contribution in [-0.4, -0.2) is 17.1 Å². The first-order valence-corrected chi connectivity index (χ1v) is 7.41. The second-order valence-corrected chi connectivity index (χ2v) is 6.53. The Morgan fingerprint density at radius 1 is 1.41 bits per heavy atom. The van der Waals surface area contributed by atoms with Gasteiger partial charge in [-0.05, 0) is 32.7 Å². The van der Waals surface area contributed by atoms with Gasteiger partial charge in [0.25, 0.3) is 0 Å². The second kappa shape index (κ2) is 5.94. The van der Waals surface area contributed by atoms with Crippen molar-refractivity contribution in [2.45, 2.75) is 57.5 Å². The van der Waals surface area contributed by atoms with E-state index in [1.807, 2.05) is 6.20 Å². The number of thiazole rings is 1. The highest BCUT2D eigenvalue weighted by Gasteiger charge is 2.26. The van der Waals surface area contributed by atoms with Gasteiger partial charge in [-0.15, -0.1) is 11.3 Å². The zero-order chi connectivity index (χ0) is 12.1. The van der Waals surface area contributed by atoms with E-state index in [4.69, 9.17) is 5.73 Å². The van der Waals surface area contributed by atoms with E-state index in [0.29, 0.717) is 0 Å². The molecule has 1 heterocycles. The Morgan fingerprint density at radius 2 is 2.18 bits per heavy atom. The Kier molecular flexibility index (Phi) is 4.54. The van der Waals surface area contributed by atoms with Crippen LogP contribution in [0.25, 0.3) is 0 Å². The van der Waals surface area contributed by atoms with E-state index in [1.165, 1.54) is 42.0 Å². The van der Waals surface area contributed by atoms with Crippen molar-refractivity contribution in [2.24, 2.45) is 5.73 Å². The molecule has 1 saturated carbocycles. The van der Waals surface area contributed by atoms with Crippen LogP contribution < -0.4 is 11.1 Å². The molecule has 1 aliphatic rings. The summed E-state index contributed by atoms with van der Waals surface area (Å²) in [5.41, 5.74) is 6.49. The molecule has 0 unspecified atom stereocenters. The third-order valence-electron chi connectivity index (χ3n) is 3.59. The number of nitrogens with two attached hydrogens (primary N) is 1. The molecule has 4 heteroatoms. The molecule has 0 amide bonds. The van der Waals surface area contributed by atoms with E-state index in [0.717, 1.165) is 19.5 Å². The number of hydrogen-bond acceptors (Lipinski definition) is 4. The monoisotopic (exact) mass is 253 g/mol. The summed E-state index contributed by atoms with van der Waals surface area (Å²) in [6.45, 7) is 3.99. The van der Waals surface area contributed by atoms with E-state index < -0.39 is 0 Å². The third-order valence-corrected chi connectivity index (χ3v) is 4.51. The summed E-state index contributed by atoms with van der Waals surface area (Å²) in [4.78, 5) is 5.62. The van der Waals surface area contributed by atoms with Gasteiger partial charge in [-0.1, -0.05) is 19.3 Å². The Morgan fingerprint density at radius 3 is 2.82 bits per heavy atom. The quantitative estimate of drug-likeness (QED) is 0.793. The van der Waals surface area contributed by atoms with Crippen molar-refractivity contribution in [2.75, 3.05) is 6.54 Å². The molecule has 2 rings (SSSR count). The molecular weight excluding hydrogens is 230 g/mol. The minimum absolute atomic E-state index is 0.101. The Hall–Kier alpha value is -0.450. The van der Waals surface area contributed by atoms with Gasteiger partial charge in [0, 0.05) is 23.2 Å². The lowest BCUT2D eigenvalue weighted by Crippen LogP contribution is -2.43. The number of rotatable bonds is 5. The average molecular weight is 253 g/mol. The van der Waals surface area contributed by atoms with Gasteiger partial charge >= 0.3 is 0 Å². The van der Waals surface area contributed by atoms with E-state index >= 15 is 0 Å². The van der Waals surface area contributed by atoms with Crippen LogP contribution in [0.5, 0.6) is 0 Å². The lowest BCUT2D eigenvalue weighted by molar-refractivity contribution is 0.274. The molecular formula is C13H23N3S. The minimum atomic E-state index is 0.101. The molecule has 0 atom stereocenters. The largest absolute Gasteiger partial charge is 0.325 e. The number of hydrogen-bond donors (Lipinski definition) is 2. The molecule has 0 spiro atoms. The molecule has 1 aromatic rings. The highest BCUT2D eigenvalue weighted by Crippen LogP contribution is 2.28. The van der Waals surface area contributed by atoms with Gasteiger partial charge in [-0.25, -0.2) is 4.98 Å². The molecule has 0 bridgehead atoms. The Balaban J connectivity index is 1.65. The van der Waals surface area contributed by atoms with Gasteiger partial charge in [0.1, 0.15) is 5.01 Å². The summed E-state index contributed by atoms with van der Waals surface area (Å²) in [5, 5.41) is 4.63. The summed E-state index contributed by atoms with van der Waals surface area (Å²) < 4.78 is 0. The van der Waals surface area contributed by atoms with E-state index in [9.17, 15) is 0 Å². The first-order valence-electron chi connectivity index (χ1n) is 6.59. The van der Waals surface area contributed by atoms with Crippen LogP contribution in [0.3, 0.4) is 0 Å². The standard InChI is InChI=1S/C13H23N3S/c1-11-9-16-12(17-11)10-15-8-7-13(14)5-3-2-4-6-13/h9,15H,2-8,10,14H2,1H3. The highest BCUT2D eigenvalue weighted by molar-refractivity contribution is 7.11. The number of aromatic nitrogens is 1. The zero-order valence-electron chi connectivity index (χ0n) is 10.7. The molecule has 1 aromatic heterocycles. The fourth-order valence-corrected chi connectivity index (χ4v) is 3.28. The summed E-state index contributed by atoms with van der Waals surface area (Å²) in [5.74, 6) is 0. The molecule has 0 saturated heterocycles. The van der Waals surface area contributed by atoms with Crippen molar-refractivity contribution in [3.8, 4) is 0 Å². The fraction of sp³-hybridized carbons (Fsp3) is 0.769. The van der Waals surface area contributed by atoms with Crippen LogP contribution in [-0.2, 0) is 6.54 Å². The van der Waals surface area contributed by atoms with Crippen LogP contribution in [0.2, 0.25) is 0 Å². The van der Waals surface area contributed by atoms with Gasteiger partial charge in [-0.2, -0.15) is 0 Å². The first-order chi connectivity index (χ1) is 8.18. The summed E-state index contributed by atoms with van der Waals surface area (Å²) in [7, 11) is 0. The van der Waals surface area contributed by atoms with Crippen LogP contribution >= 0.6 is 11.3 Å². The van der Waals surface area contributed by atoms with Crippen molar-refractivity contribution in [1.29, 1.82) is 0 Å². The summed E-state index contributed by atoms with van der Waals surface area (Å²) in [6.07, 6.45) is 9.41. The first kappa shape index (κ1) is 13.0. The molecule has 17 heavy (non-hydrogen) atoms. The van der Waals surface area contributed by atoms with Crippen molar-refractivity contribution in [3.05, 3.63) is 16.1 Å². The normalized spacial score (nSPS) is 19.4. The lowest BCUT2D eigenvalue weighted by Gasteiger charge is -2.33. The molecule has 1 fully saturated rings. The summed E-state index contributed by atoms with van der Waals surface area (Å²) in [6, 6.07) is 0. The van der Waals surface area contributed by atoms with E-state index in [-0.39, 0.29) is 5.54 Å². The van der Waals surface area contributed by atoms with Gasteiger partial charge in [0.05, 0.1) is 0 Å². The smallest absolute Gasteiger partial charge is 0.107 e. The van der Waals surface area contributed by atoms with Crippen molar-refractivity contribution in [1.82, 2.24) is 10.3 Å².